The van der Waals surface area contributed by atoms with Crippen molar-refractivity contribution in [2.24, 2.45) is 5.73 Å². The summed E-state index contributed by atoms with van der Waals surface area (Å²) < 4.78 is 4.43. The number of nitrogens with two attached hydrogens (primary N) is 1. The molecule has 0 aromatic heterocycles. The third-order valence-electron chi connectivity index (χ3n) is 0.472. The molecule has 0 aromatic rings. The summed E-state index contributed by atoms with van der Waals surface area (Å²) in [5, 5.41) is 0. The minimum absolute atomic E-state index is 0. The van der Waals surface area contributed by atoms with Crippen molar-refractivity contribution in [1.29, 1.82) is 0 Å². The van der Waals surface area contributed by atoms with Gasteiger partial charge in [-0.3, -0.25) is 4.79 Å². The summed E-state index contributed by atoms with van der Waals surface area (Å²) in [4.78, 5) is 10.1. The number of hydrogen-bond acceptors (Lipinski definition) is 3. The number of esters is 1. The van der Waals surface area contributed by atoms with Crippen LogP contribution in [0.3, 0.4) is 0 Å². The van der Waals surface area contributed by atoms with Crippen molar-refractivity contribution in [3.05, 3.63) is 0 Å². The molecule has 4 heteroatoms. The SMILES string of the molecule is CCOC(=O)CN.[NaH]. The summed E-state index contributed by atoms with van der Waals surface area (Å²) in [6, 6.07) is 0. The fourth-order valence-corrected chi connectivity index (χ4v) is 0.220. The topological polar surface area (TPSA) is 52.3 Å². The Morgan fingerprint density at radius 3 is 2.38 bits per heavy atom. The molecule has 0 amide bonds. The van der Waals surface area contributed by atoms with Crippen LogP contribution in [0.15, 0.2) is 0 Å². The average molecular weight is 127 g/mol. The molecule has 0 bridgehead atoms. The second kappa shape index (κ2) is 7.43. The molecule has 3 nitrogen and oxygen atoms in total. The van der Waals surface area contributed by atoms with Crippen LogP contribution in [-0.4, -0.2) is 48.7 Å². The Hall–Kier alpha value is 0.430. The second-order valence-corrected chi connectivity index (χ2v) is 1.01. The van der Waals surface area contributed by atoms with Crippen molar-refractivity contribution >= 4 is 35.5 Å². The van der Waals surface area contributed by atoms with Crippen LogP contribution in [0.5, 0.6) is 0 Å². The molecule has 0 fully saturated rings. The maximum absolute atomic E-state index is 10.1. The molecule has 2 N–H and O–H groups in total. The van der Waals surface area contributed by atoms with Gasteiger partial charge in [-0.1, -0.05) is 0 Å². The van der Waals surface area contributed by atoms with Crippen LogP contribution in [0.2, 0.25) is 0 Å². The predicted molar refractivity (Wildman–Crippen MR) is 32.8 cm³/mol. The standard InChI is InChI=1S/C4H9NO2.Na.H/c1-2-7-4(6)3-5;;/h2-3,5H2,1H3;;. The summed E-state index contributed by atoms with van der Waals surface area (Å²) in [7, 11) is 0. The Morgan fingerprint density at radius 2 is 2.25 bits per heavy atom. The van der Waals surface area contributed by atoms with Crippen molar-refractivity contribution in [2.45, 2.75) is 6.92 Å². The number of ether oxygens (including phenoxy) is 1. The van der Waals surface area contributed by atoms with Gasteiger partial charge in [-0.15, -0.1) is 0 Å². The van der Waals surface area contributed by atoms with Gasteiger partial charge in [0.25, 0.3) is 0 Å². The van der Waals surface area contributed by atoms with Crippen LogP contribution < -0.4 is 5.73 Å². The van der Waals surface area contributed by atoms with Gasteiger partial charge in [-0.05, 0) is 6.92 Å². The quantitative estimate of drug-likeness (QED) is 0.377. The van der Waals surface area contributed by atoms with Crippen LogP contribution in [0.1, 0.15) is 6.92 Å². The van der Waals surface area contributed by atoms with Crippen LogP contribution in [0, 0.1) is 0 Å². The van der Waals surface area contributed by atoms with Crippen molar-refractivity contribution in [3.8, 4) is 0 Å². The molecule has 0 aliphatic carbocycles. The van der Waals surface area contributed by atoms with E-state index in [4.69, 9.17) is 5.73 Å². The molecule has 0 atom stereocenters. The second-order valence-electron chi connectivity index (χ2n) is 1.01. The zero-order chi connectivity index (χ0) is 5.70. The molecule has 0 aromatic carbocycles. The Kier molecular flexibility index (Phi) is 10.5. The van der Waals surface area contributed by atoms with E-state index in [0.29, 0.717) is 6.61 Å². The molecule has 0 aliphatic heterocycles. The summed E-state index contributed by atoms with van der Waals surface area (Å²) in [6.07, 6.45) is 0. The predicted octanol–water partition coefficient (Wildman–Crippen LogP) is -1.14. The first-order chi connectivity index (χ1) is 3.31. The van der Waals surface area contributed by atoms with Gasteiger partial charge < -0.3 is 10.5 Å². The molecular weight excluding hydrogens is 117 g/mol. The van der Waals surface area contributed by atoms with Crippen molar-refractivity contribution in [3.63, 3.8) is 0 Å². The van der Waals surface area contributed by atoms with Gasteiger partial charge in [-0.25, -0.2) is 0 Å². The van der Waals surface area contributed by atoms with Crippen LogP contribution in [0.4, 0.5) is 0 Å². The van der Waals surface area contributed by atoms with E-state index in [2.05, 4.69) is 4.74 Å². The van der Waals surface area contributed by atoms with E-state index in [9.17, 15) is 4.79 Å². The monoisotopic (exact) mass is 127 g/mol. The van der Waals surface area contributed by atoms with Crippen molar-refractivity contribution in [2.75, 3.05) is 13.2 Å². The van der Waals surface area contributed by atoms with Gasteiger partial charge in [0.1, 0.15) is 0 Å². The first-order valence-electron chi connectivity index (χ1n) is 2.17. The van der Waals surface area contributed by atoms with Crippen LogP contribution >= 0.6 is 0 Å². The maximum atomic E-state index is 10.1. The van der Waals surface area contributed by atoms with E-state index >= 15 is 0 Å². The Balaban J connectivity index is 0. The van der Waals surface area contributed by atoms with Gasteiger partial charge in [0.2, 0.25) is 0 Å². The molecule has 0 radical (unpaired) electrons. The van der Waals surface area contributed by atoms with Crippen molar-refractivity contribution in [1.82, 2.24) is 0 Å². The Morgan fingerprint density at radius 1 is 1.75 bits per heavy atom. The van der Waals surface area contributed by atoms with E-state index in [1.165, 1.54) is 0 Å². The molecular formula is C4H10NNaO2. The van der Waals surface area contributed by atoms with Crippen LogP contribution in [-0.2, 0) is 9.53 Å². The number of rotatable bonds is 2. The van der Waals surface area contributed by atoms with E-state index in [1.807, 2.05) is 0 Å². The van der Waals surface area contributed by atoms with Crippen LogP contribution in [0.25, 0.3) is 0 Å². The zero-order valence-corrected chi connectivity index (χ0v) is 4.31. The molecule has 8 heavy (non-hydrogen) atoms. The summed E-state index contributed by atoms with van der Waals surface area (Å²) in [6.45, 7) is 2.14. The average Bonchev–Trinajstić information content (AvgIpc) is 1.68. The van der Waals surface area contributed by atoms with E-state index in [1.54, 1.807) is 6.92 Å². The molecule has 0 saturated heterocycles. The van der Waals surface area contributed by atoms with Gasteiger partial charge in [0.15, 0.2) is 0 Å². The van der Waals surface area contributed by atoms with Crippen molar-refractivity contribution < 1.29 is 9.53 Å². The molecule has 0 aliphatic rings. The first-order valence-corrected chi connectivity index (χ1v) is 2.17. The number of carbonyl (C=O) groups is 1. The summed E-state index contributed by atoms with van der Waals surface area (Å²) in [5.74, 6) is -0.345. The van der Waals surface area contributed by atoms with E-state index in [0.717, 1.165) is 0 Å². The zero-order valence-electron chi connectivity index (χ0n) is 4.31. The van der Waals surface area contributed by atoms with Gasteiger partial charge in [-0.2, -0.15) is 0 Å². The molecule has 0 saturated carbocycles. The first kappa shape index (κ1) is 11.3. The normalized spacial score (nSPS) is 7.25. The summed E-state index contributed by atoms with van der Waals surface area (Å²) in [5.41, 5.74) is 4.88. The van der Waals surface area contributed by atoms with Gasteiger partial charge >= 0.3 is 35.5 Å². The third-order valence-corrected chi connectivity index (χ3v) is 0.472. The fraction of sp³-hybridized carbons (Fsp3) is 0.750. The van der Waals surface area contributed by atoms with E-state index < -0.39 is 0 Å². The molecule has 44 valence electrons. The summed E-state index contributed by atoms with van der Waals surface area (Å²) >= 11 is 0. The molecule has 0 heterocycles. The molecule has 0 rings (SSSR count). The van der Waals surface area contributed by atoms with Gasteiger partial charge in [0, 0.05) is 0 Å². The third kappa shape index (κ3) is 6.43. The minimum atomic E-state index is -0.345. The Labute approximate surface area is 70.9 Å². The van der Waals surface area contributed by atoms with E-state index in [-0.39, 0.29) is 42.1 Å². The number of hydrogen-bond donors (Lipinski definition) is 1. The molecule has 0 unspecified atom stereocenters. The fourth-order valence-electron chi connectivity index (χ4n) is 0.220. The molecule has 0 spiro atoms. The van der Waals surface area contributed by atoms with Gasteiger partial charge in [0.05, 0.1) is 13.2 Å². The Bertz CT molecular complexity index is 67.1. The number of carbonyl (C=O) groups excluding carboxylic acids is 1.